The third-order valence-corrected chi connectivity index (χ3v) is 2.61. The van der Waals surface area contributed by atoms with Gasteiger partial charge in [0.1, 0.15) is 12.4 Å². The Hall–Kier alpha value is -1.49. The van der Waals surface area contributed by atoms with Crippen molar-refractivity contribution in [1.82, 2.24) is 9.78 Å². The highest BCUT2D eigenvalue weighted by Gasteiger charge is 2.02. The van der Waals surface area contributed by atoms with Crippen LogP contribution in [0.4, 0.5) is 5.69 Å². The molecule has 2 aromatic rings. The van der Waals surface area contributed by atoms with Crippen molar-refractivity contribution >= 4 is 21.6 Å². The van der Waals surface area contributed by atoms with E-state index < -0.39 is 0 Å². The largest absolute Gasteiger partial charge is 0.485 e. The summed E-state index contributed by atoms with van der Waals surface area (Å²) in [6.45, 7) is 0.423. The van der Waals surface area contributed by atoms with Crippen LogP contribution in [0.15, 0.2) is 34.9 Å². The van der Waals surface area contributed by atoms with Crippen LogP contribution in [-0.2, 0) is 13.7 Å². The first-order valence-corrected chi connectivity index (χ1v) is 5.61. The maximum atomic E-state index is 5.81. The van der Waals surface area contributed by atoms with E-state index in [-0.39, 0.29) is 0 Å². The molecular formula is C11H12BrN3O. The number of halogens is 1. The number of hydrogen-bond donors (Lipinski definition) is 1. The summed E-state index contributed by atoms with van der Waals surface area (Å²) in [5.41, 5.74) is 7.31. The number of benzene rings is 1. The van der Waals surface area contributed by atoms with Gasteiger partial charge >= 0.3 is 0 Å². The van der Waals surface area contributed by atoms with Gasteiger partial charge in [-0.05, 0) is 24.3 Å². The van der Waals surface area contributed by atoms with E-state index >= 15 is 0 Å². The number of aryl methyl sites for hydroxylation is 1. The average molecular weight is 282 g/mol. The van der Waals surface area contributed by atoms with E-state index in [0.29, 0.717) is 18.0 Å². The minimum Gasteiger partial charge on any atom is -0.485 e. The molecule has 0 aliphatic heterocycles. The van der Waals surface area contributed by atoms with Crippen molar-refractivity contribution in [2.45, 2.75) is 6.61 Å². The van der Waals surface area contributed by atoms with Gasteiger partial charge in [0.2, 0.25) is 0 Å². The quantitative estimate of drug-likeness (QED) is 0.879. The zero-order valence-electron chi connectivity index (χ0n) is 8.85. The molecular weight excluding hydrogens is 270 g/mol. The van der Waals surface area contributed by atoms with Crippen molar-refractivity contribution in [2.24, 2.45) is 7.05 Å². The van der Waals surface area contributed by atoms with Gasteiger partial charge in [0.15, 0.2) is 0 Å². The SMILES string of the molecule is Cn1ccc(COc2ccc(Br)cc2N)n1. The molecule has 0 bridgehead atoms. The molecule has 2 rings (SSSR count). The number of nitrogen functional groups attached to an aromatic ring is 1. The summed E-state index contributed by atoms with van der Waals surface area (Å²) in [6.07, 6.45) is 1.88. The molecule has 16 heavy (non-hydrogen) atoms. The normalized spacial score (nSPS) is 10.4. The van der Waals surface area contributed by atoms with Crippen LogP contribution >= 0.6 is 15.9 Å². The van der Waals surface area contributed by atoms with Gasteiger partial charge in [-0.25, -0.2) is 0 Å². The minimum atomic E-state index is 0.423. The lowest BCUT2D eigenvalue weighted by atomic mass is 10.3. The summed E-state index contributed by atoms with van der Waals surface area (Å²) in [5, 5.41) is 4.21. The predicted molar refractivity (Wildman–Crippen MR) is 66.1 cm³/mol. The number of ether oxygens (including phenoxy) is 1. The van der Waals surface area contributed by atoms with Crippen LogP contribution in [0.1, 0.15) is 5.69 Å². The van der Waals surface area contributed by atoms with Gasteiger partial charge in [-0.1, -0.05) is 15.9 Å². The van der Waals surface area contributed by atoms with Gasteiger partial charge in [0.25, 0.3) is 0 Å². The molecule has 1 aromatic carbocycles. The maximum absolute atomic E-state index is 5.81. The van der Waals surface area contributed by atoms with Gasteiger partial charge in [0.05, 0.1) is 11.4 Å². The van der Waals surface area contributed by atoms with Gasteiger partial charge in [-0.3, -0.25) is 4.68 Å². The molecule has 0 saturated carbocycles. The maximum Gasteiger partial charge on any atom is 0.142 e. The van der Waals surface area contributed by atoms with E-state index in [9.17, 15) is 0 Å². The summed E-state index contributed by atoms with van der Waals surface area (Å²) in [4.78, 5) is 0. The van der Waals surface area contributed by atoms with Crippen LogP contribution in [0.2, 0.25) is 0 Å². The van der Waals surface area contributed by atoms with Crippen molar-refractivity contribution in [1.29, 1.82) is 0 Å². The third kappa shape index (κ3) is 2.55. The number of nitrogens with zero attached hydrogens (tertiary/aromatic N) is 2. The molecule has 0 atom stereocenters. The Kier molecular flexibility index (Phi) is 3.14. The second kappa shape index (κ2) is 4.57. The second-order valence-corrected chi connectivity index (χ2v) is 4.37. The molecule has 0 aliphatic rings. The molecule has 0 aliphatic carbocycles. The van der Waals surface area contributed by atoms with Crippen LogP contribution in [0.5, 0.6) is 5.75 Å². The first-order valence-electron chi connectivity index (χ1n) is 4.81. The first kappa shape index (κ1) is 11.0. The molecule has 84 valence electrons. The molecule has 4 nitrogen and oxygen atoms in total. The van der Waals surface area contributed by atoms with Crippen molar-refractivity contribution in [3.05, 3.63) is 40.6 Å². The molecule has 0 fully saturated rings. The standard InChI is InChI=1S/C11H12BrN3O/c1-15-5-4-9(14-15)7-16-11-3-2-8(12)6-10(11)13/h2-6H,7,13H2,1H3. The predicted octanol–water partition coefficient (Wildman–Crippen LogP) is 2.34. The Morgan fingerprint density at radius 3 is 2.88 bits per heavy atom. The lowest BCUT2D eigenvalue weighted by Gasteiger charge is -2.07. The fraction of sp³-hybridized carbons (Fsp3) is 0.182. The molecule has 0 radical (unpaired) electrons. The van der Waals surface area contributed by atoms with E-state index in [2.05, 4.69) is 21.0 Å². The van der Waals surface area contributed by atoms with Gasteiger partial charge in [-0.15, -0.1) is 0 Å². The monoisotopic (exact) mass is 281 g/mol. The molecule has 1 heterocycles. The number of hydrogen-bond acceptors (Lipinski definition) is 3. The molecule has 0 unspecified atom stereocenters. The molecule has 0 spiro atoms. The minimum absolute atomic E-state index is 0.423. The van der Waals surface area contributed by atoms with E-state index in [1.165, 1.54) is 0 Å². The molecule has 2 N–H and O–H groups in total. The van der Waals surface area contributed by atoms with Crippen molar-refractivity contribution in [3.63, 3.8) is 0 Å². The molecule has 0 amide bonds. The number of anilines is 1. The third-order valence-electron chi connectivity index (χ3n) is 2.12. The summed E-state index contributed by atoms with van der Waals surface area (Å²) in [6, 6.07) is 7.45. The van der Waals surface area contributed by atoms with Crippen molar-refractivity contribution in [3.8, 4) is 5.75 Å². The highest BCUT2D eigenvalue weighted by Crippen LogP contribution is 2.25. The van der Waals surface area contributed by atoms with Gasteiger partial charge < -0.3 is 10.5 Å². The Morgan fingerprint density at radius 2 is 2.25 bits per heavy atom. The number of rotatable bonds is 3. The lowest BCUT2D eigenvalue weighted by molar-refractivity contribution is 0.301. The van der Waals surface area contributed by atoms with E-state index in [4.69, 9.17) is 10.5 Å². The topological polar surface area (TPSA) is 53.1 Å². The lowest BCUT2D eigenvalue weighted by Crippen LogP contribution is -2.00. The van der Waals surface area contributed by atoms with Crippen LogP contribution in [0.25, 0.3) is 0 Å². The first-order chi connectivity index (χ1) is 7.65. The van der Waals surface area contributed by atoms with E-state index in [0.717, 1.165) is 10.2 Å². The Labute approximate surface area is 102 Å². The van der Waals surface area contributed by atoms with Crippen molar-refractivity contribution in [2.75, 3.05) is 5.73 Å². The Balaban J connectivity index is 2.04. The fourth-order valence-corrected chi connectivity index (χ4v) is 1.72. The highest BCUT2D eigenvalue weighted by atomic mass is 79.9. The zero-order valence-corrected chi connectivity index (χ0v) is 10.4. The zero-order chi connectivity index (χ0) is 11.5. The fourth-order valence-electron chi connectivity index (χ4n) is 1.34. The van der Waals surface area contributed by atoms with Crippen LogP contribution in [0, 0.1) is 0 Å². The summed E-state index contributed by atoms with van der Waals surface area (Å²) in [5.74, 6) is 0.675. The highest BCUT2D eigenvalue weighted by molar-refractivity contribution is 9.10. The molecule has 1 aromatic heterocycles. The summed E-state index contributed by atoms with van der Waals surface area (Å²) in [7, 11) is 1.87. The van der Waals surface area contributed by atoms with E-state index in [1.807, 2.05) is 37.5 Å². The Bertz CT molecular complexity index is 496. The summed E-state index contributed by atoms with van der Waals surface area (Å²) < 4.78 is 8.25. The van der Waals surface area contributed by atoms with Crippen LogP contribution in [0.3, 0.4) is 0 Å². The van der Waals surface area contributed by atoms with Crippen LogP contribution < -0.4 is 10.5 Å². The van der Waals surface area contributed by atoms with Gasteiger partial charge in [-0.2, -0.15) is 5.10 Å². The molecule has 5 heteroatoms. The second-order valence-electron chi connectivity index (χ2n) is 3.45. The molecule has 0 saturated heterocycles. The number of aromatic nitrogens is 2. The Morgan fingerprint density at radius 1 is 1.44 bits per heavy atom. The van der Waals surface area contributed by atoms with Crippen molar-refractivity contribution < 1.29 is 4.74 Å². The number of nitrogens with two attached hydrogens (primary N) is 1. The smallest absolute Gasteiger partial charge is 0.142 e. The summed E-state index contributed by atoms with van der Waals surface area (Å²) >= 11 is 3.34. The van der Waals surface area contributed by atoms with Gasteiger partial charge in [0, 0.05) is 17.7 Å². The van der Waals surface area contributed by atoms with Crippen LogP contribution in [-0.4, -0.2) is 9.78 Å². The van der Waals surface area contributed by atoms with E-state index in [1.54, 1.807) is 4.68 Å². The average Bonchev–Trinajstić information content (AvgIpc) is 2.63.